The van der Waals surface area contributed by atoms with Crippen LogP contribution in [0.15, 0.2) is 24.5 Å². The van der Waals surface area contributed by atoms with E-state index in [0.29, 0.717) is 13.0 Å². The molecule has 0 aliphatic carbocycles. The van der Waals surface area contributed by atoms with E-state index in [2.05, 4.69) is 10.3 Å². The van der Waals surface area contributed by atoms with Crippen LogP contribution in [-0.4, -0.2) is 23.5 Å². The van der Waals surface area contributed by atoms with Gasteiger partial charge < -0.3 is 11.1 Å². The highest BCUT2D eigenvalue weighted by Gasteiger charge is 2.02. The van der Waals surface area contributed by atoms with E-state index in [1.165, 1.54) is 0 Å². The van der Waals surface area contributed by atoms with E-state index in [1.54, 1.807) is 12.4 Å². The third-order valence-electron chi connectivity index (χ3n) is 2.31. The molecule has 4 nitrogen and oxygen atoms in total. The van der Waals surface area contributed by atoms with Crippen molar-refractivity contribution in [2.45, 2.75) is 32.2 Å². The Hall–Kier alpha value is -1.42. The van der Waals surface area contributed by atoms with Crippen molar-refractivity contribution < 1.29 is 4.79 Å². The van der Waals surface area contributed by atoms with Gasteiger partial charge >= 0.3 is 0 Å². The van der Waals surface area contributed by atoms with Gasteiger partial charge in [0.15, 0.2) is 0 Å². The van der Waals surface area contributed by atoms with Crippen molar-refractivity contribution in [3.05, 3.63) is 30.1 Å². The topological polar surface area (TPSA) is 68.0 Å². The van der Waals surface area contributed by atoms with Crippen molar-refractivity contribution in [1.29, 1.82) is 0 Å². The predicted molar refractivity (Wildman–Crippen MR) is 63.8 cm³/mol. The van der Waals surface area contributed by atoms with Gasteiger partial charge in [-0.1, -0.05) is 0 Å². The fourth-order valence-corrected chi connectivity index (χ4v) is 1.33. The Labute approximate surface area is 96.3 Å². The summed E-state index contributed by atoms with van der Waals surface area (Å²) in [5, 5.41) is 2.85. The first-order valence-corrected chi connectivity index (χ1v) is 5.59. The zero-order chi connectivity index (χ0) is 11.8. The van der Waals surface area contributed by atoms with Gasteiger partial charge in [-0.2, -0.15) is 0 Å². The normalized spacial score (nSPS) is 12.1. The Kier molecular flexibility index (Phi) is 5.50. The molecule has 0 aliphatic heterocycles. The molecular formula is C12H19N3O. The SMILES string of the molecule is CC(N)CCNC(=O)CCc1ccncc1. The van der Waals surface area contributed by atoms with Crippen LogP contribution in [0, 0.1) is 0 Å². The number of rotatable bonds is 6. The maximum absolute atomic E-state index is 11.4. The summed E-state index contributed by atoms with van der Waals surface area (Å²) >= 11 is 0. The second-order valence-electron chi connectivity index (χ2n) is 3.97. The molecule has 3 N–H and O–H groups in total. The Morgan fingerprint density at radius 3 is 2.81 bits per heavy atom. The zero-order valence-corrected chi connectivity index (χ0v) is 9.65. The molecule has 0 aliphatic rings. The molecule has 1 aromatic rings. The molecule has 0 fully saturated rings. The summed E-state index contributed by atoms with van der Waals surface area (Å²) in [6.45, 7) is 2.59. The summed E-state index contributed by atoms with van der Waals surface area (Å²) in [6.07, 6.45) is 5.57. The summed E-state index contributed by atoms with van der Waals surface area (Å²) in [5.41, 5.74) is 6.72. The zero-order valence-electron chi connectivity index (χ0n) is 9.65. The lowest BCUT2D eigenvalue weighted by Gasteiger charge is -2.07. The number of pyridine rings is 1. The molecule has 0 spiro atoms. The van der Waals surface area contributed by atoms with Crippen molar-refractivity contribution >= 4 is 5.91 Å². The summed E-state index contributed by atoms with van der Waals surface area (Å²) in [7, 11) is 0. The lowest BCUT2D eigenvalue weighted by Crippen LogP contribution is -2.29. The van der Waals surface area contributed by atoms with Gasteiger partial charge in [0.25, 0.3) is 0 Å². The van der Waals surface area contributed by atoms with Crippen LogP contribution in [0.1, 0.15) is 25.3 Å². The average Bonchev–Trinajstić information content (AvgIpc) is 2.27. The molecule has 16 heavy (non-hydrogen) atoms. The Balaban J connectivity index is 2.16. The molecule has 0 bridgehead atoms. The molecule has 0 saturated heterocycles. The van der Waals surface area contributed by atoms with Crippen LogP contribution in [0.4, 0.5) is 0 Å². The number of hydrogen-bond acceptors (Lipinski definition) is 3. The van der Waals surface area contributed by atoms with Crippen molar-refractivity contribution in [2.75, 3.05) is 6.54 Å². The van der Waals surface area contributed by atoms with E-state index >= 15 is 0 Å². The number of aryl methyl sites for hydroxylation is 1. The van der Waals surface area contributed by atoms with E-state index in [4.69, 9.17) is 5.73 Å². The highest BCUT2D eigenvalue weighted by atomic mass is 16.1. The molecule has 1 unspecified atom stereocenters. The molecular weight excluding hydrogens is 202 g/mol. The van der Waals surface area contributed by atoms with Gasteiger partial charge in [0, 0.05) is 31.4 Å². The van der Waals surface area contributed by atoms with Crippen LogP contribution in [-0.2, 0) is 11.2 Å². The van der Waals surface area contributed by atoms with Gasteiger partial charge in [0.05, 0.1) is 0 Å². The first-order chi connectivity index (χ1) is 7.68. The lowest BCUT2D eigenvalue weighted by atomic mass is 10.1. The Bertz CT molecular complexity index is 311. The molecule has 1 atom stereocenters. The molecule has 1 amide bonds. The fourth-order valence-electron chi connectivity index (χ4n) is 1.33. The van der Waals surface area contributed by atoms with Gasteiger partial charge in [-0.05, 0) is 37.5 Å². The number of aromatic nitrogens is 1. The van der Waals surface area contributed by atoms with Crippen molar-refractivity contribution in [3.63, 3.8) is 0 Å². The summed E-state index contributed by atoms with van der Waals surface area (Å²) in [6, 6.07) is 3.99. The fraction of sp³-hybridized carbons (Fsp3) is 0.500. The number of carbonyl (C=O) groups is 1. The smallest absolute Gasteiger partial charge is 0.220 e. The molecule has 0 saturated carbocycles. The van der Waals surface area contributed by atoms with E-state index in [9.17, 15) is 4.79 Å². The molecule has 0 aromatic carbocycles. The minimum atomic E-state index is 0.0810. The van der Waals surface area contributed by atoms with E-state index in [0.717, 1.165) is 18.4 Å². The van der Waals surface area contributed by atoms with E-state index in [1.807, 2.05) is 19.1 Å². The number of carbonyl (C=O) groups excluding carboxylic acids is 1. The number of amides is 1. The van der Waals surface area contributed by atoms with Crippen LogP contribution >= 0.6 is 0 Å². The standard InChI is InChI=1S/C12H19N3O/c1-10(13)4-9-15-12(16)3-2-11-5-7-14-8-6-11/h5-8,10H,2-4,9,13H2,1H3,(H,15,16). The highest BCUT2D eigenvalue weighted by molar-refractivity contribution is 5.76. The third kappa shape index (κ3) is 5.46. The Morgan fingerprint density at radius 2 is 2.19 bits per heavy atom. The minimum Gasteiger partial charge on any atom is -0.356 e. The van der Waals surface area contributed by atoms with Gasteiger partial charge in [-0.3, -0.25) is 9.78 Å². The average molecular weight is 221 g/mol. The summed E-state index contributed by atoms with van der Waals surface area (Å²) < 4.78 is 0. The van der Waals surface area contributed by atoms with Crippen molar-refractivity contribution in [3.8, 4) is 0 Å². The molecule has 88 valence electrons. The predicted octanol–water partition coefficient (Wildman–Crippen LogP) is 0.868. The van der Waals surface area contributed by atoms with Crippen molar-refractivity contribution in [1.82, 2.24) is 10.3 Å². The first-order valence-electron chi connectivity index (χ1n) is 5.59. The molecule has 1 heterocycles. The molecule has 1 aromatic heterocycles. The summed E-state index contributed by atoms with van der Waals surface area (Å²) in [5.74, 6) is 0.0810. The minimum absolute atomic E-state index is 0.0810. The molecule has 4 heteroatoms. The lowest BCUT2D eigenvalue weighted by molar-refractivity contribution is -0.121. The maximum atomic E-state index is 11.4. The van der Waals surface area contributed by atoms with Gasteiger partial charge in [0.1, 0.15) is 0 Å². The monoisotopic (exact) mass is 221 g/mol. The van der Waals surface area contributed by atoms with Gasteiger partial charge in [0.2, 0.25) is 5.91 Å². The van der Waals surface area contributed by atoms with Crippen LogP contribution in [0.2, 0.25) is 0 Å². The van der Waals surface area contributed by atoms with Gasteiger partial charge in [-0.15, -0.1) is 0 Å². The molecule has 1 rings (SSSR count). The summed E-state index contributed by atoms with van der Waals surface area (Å²) in [4.78, 5) is 15.4. The number of hydrogen-bond donors (Lipinski definition) is 2. The number of nitrogens with two attached hydrogens (primary N) is 1. The number of nitrogens with one attached hydrogen (secondary N) is 1. The second kappa shape index (κ2) is 6.95. The largest absolute Gasteiger partial charge is 0.356 e. The first kappa shape index (κ1) is 12.6. The van der Waals surface area contributed by atoms with Crippen LogP contribution in [0.3, 0.4) is 0 Å². The second-order valence-corrected chi connectivity index (χ2v) is 3.97. The quantitative estimate of drug-likeness (QED) is 0.749. The van der Waals surface area contributed by atoms with E-state index in [-0.39, 0.29) is 11.9 Å². The van der Waals surface area contributed by atoms with Gasteiger partial charge in [-0.25, -0.2) is 0 Å². The Morgan fingerprint density at radius 1 is 1.50 bits per heavy atom. The van der Waals surface area contributed by atoms with Crippen molar-refractivity contribution in [2.24, 2.45) is 5.73 Å². The van der Waals surface area contributed by atoms with Crippen LogP contribution < -0.4 is 11.1 Å². The van der Waals surface area contributed by atoms with Crippen LogP contribution in [0.5, 0.6) is 0 Å². The maximum Gasteiger partial charge on any atom is 0.220 e. The third-order valence-corrected chi connectivity index (χ3v) is 2.31. The molecule has 0 radical (unpaired) electrons. The van der Waals surface area contributed by atoms with Crippen LogP contribution in [0.25, 0.3) is 0 Å². The highest BCUT2D eigenvalue weighted by Crippen LogP contribution is 2.00. The van der Waals surface area contributed by atoms with E-state index < -0.39 is 0 Å². The number of nitrogens with zero attached hydrogens (tertiary/aromatic N) is 1.